The van der Waals surface area contributed by atoms with E-state index in [-0.39, 0.29) is 17.6 Å². The first-order valence-corrected chi connectivity index (χ1v) is 10.2. The minimum absolute atomic E-state index is 0.0519. The Morgan fingerprint density at radius 2 is 1.82 bits per heavy atom. The van der Waals surface area contributed by atoms with Gasteiger partial charge in [0.25, 0.3) is 0 Å². The van der Waals surface area contributed by atoms with Crippen molar-refractivity contribution in [1.29, 1.82) is 0 Å². The van der Waals surface area contributed by atoms with Gasteiger partial charge in [0.15, 0.2) is 0 Å². The van der Waals surface area contributed by atoms with Crippen molar-refractivity contribution in [2.75, 3.05) is 44.2 Å². The number of aromatic nitrogens is 1. The lowest BCUT2D eigenvalue weighted by Crippen LogP contribution is -2.46. The second kappa shape index (κ2) is 7.89. The molecule has 0 aromatic carbocycles. The van der Waals surface area contributed by atoms with Gasteiger partial charge in [-0.3, -0.25) is 4.79 Å². The molecule has 154 valence electrons. The van der Waals surface area contributed by atoms with Crippen molar-refractivity contribution < 1.29 is 18.0 Å². The van der Waals surface area contributed by atoms with Gasteiger partial charge in [-0.1, -0.05) is 0 Å². The van der Waals surface area contributed by atoms with Crippen molar-refractivity contribution >= 4 is 11.7 Å². The number of likely N-dealkylation sites (tertiary alicyclic amines) is 1. The van der Waals surface area contributed by atoms with E-state index < -0.39 is 11.7 Å². The molecule has 3 aliphatic rings. The molecule has 4 heterocycles. The van der Waals surface area contributed by atoms with Gasteiger partial charge in [0.05, 0.1) is 11.5 Å². The molecule has 4 rings (SSSR count). The van der Waals surface area contributed by atoms with Crippen LogP contribution in [0.2, 0.25) is 0 Å². The standard InChI is InChI=1S/C20H27F3N4O/c21-20(22,23)17-4-1-7-25-18(17)27-8-2-3-16(13-27)19(28)26-9-5-14-11-24-12-15(14)6-10-26/h1,4,7,14-16,24H,2-3,5-6,8-13H2/t14-,15+,16?. The fraction of sp³-hybridized carbons (Fsp3) is 0.700. The number of alkyl halides is 3. The number of pyridine rings is 1. The summed E-state index contributed by atoms with van der Waals surface area (Å²) in [6.45, 7) is 4.39. The number of piperidine rings is 1. The molecule has 1 N–H and O–H groups in total. The number of nitrogens with one attached hydrogen (secondary N) is 1. The molecule has 1 unspecified atom stereocenters. The summed E-state index contributed by atoms with van der Waals surface area (Å²) < 4.78 is 40.1. The van der Waals surface area contributed by atoms with E-state index in [1.165, 1.54) is 12.3 Å². The molecule has 0 spiro atoms. The molecule has 3 aliphatic heterocycles. The average molecular weight is 396 g/mol. The zero-order valence-electron chi connectivity index (χ0n) is 15.9. The maximum atomic E-state index is 13.4. The van der Waals surface area contributed by atoms with Crippen molar-refractivity contribution in [1.82, 2.24) is 15.2 Å². The van der Waals surface area contributed by atoms with Crippen LogP contribution in [0.1, 0.15) is 31.2 Å². The highest BCUT2D eigenvalue weighted by Gasteiger charge is 2.38. The largest absolute Gasteiger partial charge is 0.419 e. The normalized spacial score (nSPS) is 28.8. The van der Waals surface area contributed by atoms with Gasteiger partial charge in [0.2, 0.25) is 5.91 Å². The summed E-state index contributed by atoms with van der Waals surface area (Å²) in [5.74, 6) is 1.08. The molecule has 28 heavy (non-hydrogen) atoms. The zero-order valence-corrected chi connectivity index (χ0v) is 15.9. The van der Waals surface area contributed by atoms with E-state index in [2.05, 4.69) is 10.3 Å². The van der Waals surface area contributed by atoms with Crippen LogP contribution in [0, 0.1) is 17.8 Å². The number of fused-ring (bicyclic) bond motifs is 1. The Bertz CT molecular complexity index is 697. The van der Waals surface area contributed by atoms with Crippen LogP contribution in [0.4, 0.5) is 19.0 Å². The van der Waals surface area contributed by atoms with Gasteiger partial charge in [0.1, 0.15) is 5.82 Å². The number of amides is 1. The molecule has 0 saturated carbocycles. The van der Waals surface area contributed by atoms with E-state index in [1.54, 1.807) is 4.90 Å². The molecule has 0 aliphatic carbocycles. The van der Waals surface area contributed by atoms with Gasteiger partial charge in [-0.15, -0.1) is 0 Å². The fourth-order valence-corrected chi connectivity index (χ4v) is 4.94. The fourth-order valence-electron chi connectivity index (χ4n) is 4.94. The molecular formula is C20H27F3N4O. The van der Waals surface area contributed by atoms with Crippen LogP contribution >= 0.6 is 0 Å². The Kier molecular flexibility index (Phi) is 5.49. The summed E-state index contributed by atoms with van der Waals surface area (Å²) in [6, 6.07) is 2.37. The van der Waals surface area contributed by atoms with Crippen LogP contribution in [-0.2, 0) is 11.0 Å². The molecule has 1 amide bonds. The minimum atomic E-state index is -4.45. The Morgan fingerprint density at radius 3 is 2.50 bits per heavy atom. The lowest BCUT2D eigenvalue weighted by atomic mass is 9.92. The summed E-state index contributed by atoms with van der Waals surface area (Å²) in [4.78, 5) is 20.7. The van der Waals surface area contributed by atoms with Crippen LogP contribution in [0.3, 0.4) is 0 Å². The number of halogens is 3. The number of hydrogen-bond donors (Lipinski definition) is 1. The number of hydrogen-bond acceptors (Lipinski definition) is 4. The predicted molar refractivity (Wildman–Crippen MR) is 99.8 cm³/mol. The van der Waals surface area contributed by atoms with Crippen molar-refractivity contribution in [2.24, 2.45) is 17.8 Å². The van der Waals surface area contributed by atoms with Crippen molar-refractivity contribution in [3.8, 4) is 0 Å². The molecule has 8 heteroatoms. The molecular weight excluding hydrogens is 369 g/mol. The van der Waals surface area contributed by atoms with E-state index in [9.17, 15) is 18.0 Å². The molecule has 0 bridgehead atoms. The molecule has 1 aromatic heterocycles. The quantitative estimate of drug-likeness (QED) is 0.835. The van der Waals surface area contributed by atoms with Crippen LogP contribution in [-0.4, -0.2) is 55.1 Å². The molecule has 3 saturated heterocycles. The van der Waals surface area contributed by atoms with Crippen LogP contribution in [0.25, 0.3) is 0 Å². The number of anilines is 1. The number of carbonyl (C=O) groups excluding carboxylic acids is 1. The van der Waals surface area contributed by atoms with Crippen molar-refractivity contribution in [3.63, 3.8) is 0 Å². The monoisotopic (exact) mass is 396 g/mol. The summed E-state index contributed by atoms with van der Waals surface area (Å²) >= 11 is 0. The number of carbonyl (C=O) groups is 1. The van der Waals surface area contributed by atoms with Gasteiger partial charge in [-0.2, -0.15) is 13.2 Å². The van der Waals surface area contributed by atoms with Crippen molar-refractivity contribution in [2.45, 2.75) is 31.9 Å². The first-order chi connectivity index (χ1) is 13.4. The third-order valence-electron chi connectivity index (χ3n) is 6.49. The second-order valence-electron chi connectivity index (χ2n) is 8.24. The molecule has 1 aromatic rings. The SMILES string of the molecule is O=C(C1CCCN(c2ncccc2C(F)(F)F)C1)N1CC[C@@H]2CNC[C@@H]2CC1. The van der Waals surface area contributed by atoms with E-state index in [4.69, 9.17) is 0 Å². The van der Waals surface area contributed by atoms with E-state index in [1.807, 2.05) is 4.90 Å². The first-order valence-electron chi connectivity index (χ1n) is 10.2. The highest BCUT2D eigenvalue weighted by Crippen LogP contribution is 2.37. The third-order valence-corrected chi connectivity index (χ3v) is 6.49. The maximum Gasteiger partial charge on any atom is 0.419 e. The Labute approximate surface area is 163 Å². The Morgan fingerprint density at radius 1 is 1.11 bits per heavy atom. The van der Waals surface area contributed by atoms with Gasteiger partial charge in [-0.25, -0.2) is 4.98 Å². The van der Waals surface area contributed by atoms with Gasteiger partial charge >= 0.3 is 6.18 Å². The molecule has 3 atom stereocenters. The predicted octanol–water partition coefficient (Wildman–Crippen LogP) is 2.77. The van der Waals surface area contributed by atoms with Crippen LogP contribution in [0.5, 0.6) is 0 Å². The maximum absolute atomic E-state index is 13.4. The zero-order chi connectivity index (χ0) is 19.7. The Hall–Kier alpha value is -1.83. The number of rotatable bonds is 2. The summed E-state index contributed by atoms with van der Waals surface area (Å²) in [5, 5.41) is 3.43. The minimum Gasteiger partial charge on any atom is -0.355 e. The molecule has 3 fully saturated rings. The van der Waals surface area contributed by atoms with E-state index in [0.717, 1.165) is 51.5 Å². The van der Waals surface area contributed by atoms with E-state index >= 15 is 0 Å². The highest BCUT2D eigenvalue weighted by atomic mass is 19.4. The molecule has 0 radical (unpaired) electrons. The first kappa shape index (κ1) is 19.5. The van der Waals surface area contributed by atoms with Crippen molar-refractivity contribution in [3.05, 3.63) is 23.9 Å². The lowest BCUT2D eigenvalue weighted by Gasteiger charge is -2.36. The summed E-state index contributed by atoms with van der Waals surface area (Å²) in [7, 11) is 0. The average Bonchev–Trinajstić information content (AvgIpc) is 3.05. The van der Waals surface area contributed by atoms with Gasteiger partial charge in [-0.05, 0) is 62.7 Å². The smallest absolute Gasteiger partial charge is 0.355 e. The van der Waals surface area contributed by atoms with Gasteiger partial charge in [0, 0.05) is 32.4 Å². The number of nitrogens with zero attached hydrogens (tertiary/aromatic N) is 3. The van der Waals surface area contributed by atoms with Crippen LogP contribution in [0.15, 0.2) is 18.3 Å². The summed E-state index contributed by atoms with van der Waals surface area (Å²) in [6.07, 6.45) is 0.396. The highest BCUT2D eigenvalue weighted by molar-refractivity contribution is 5.80. The van der Waals surface area contributed by atoms with Crippen LogP contribution < -0.4 is 10.2 Å². The molecule has 5 nitrogen and oxygen atoms in total. The second-order valence-corrected chi connectivity index (χ2v) is 8.24. The van der Waals surface area contributed by atoms with E-state index in [0.29, 0.717) is 31.3 Å². The third kappa shape index (κ3) is 3.97. The summed E-state index contributed by atoms with van der Waals surface area (Å²) in [5.41, 5.74) is -0.724. The Balaban J connectivity index is 1.45. The topological polar surface area (TPSA) is 48.5 Å². The lowest BCUT2D eigenvalue weighted by molar-refractivity contribution is -0.137. The van der Waals surface area contributed by atoms with Gasteiger partial charge < -0.3 is 15.1 Å².